The minimum atomic E-state index is -2.42. The Labute approximate surface area is 138 Å². The van der Waals surface area contributed by atoms with Crippen molar-refractivity contribution in [2.24, 2.45) is 0 Å². The molecule has 0 amide bonds. The highest BCUT2D eigenvalue weighted by atomic mass is 28.4. The van der Waals surface area contributed by atoms with Gasteiger partial charge in [-0.25, -0.2) is 0 Å². The minimum Gasteiger partial charge on any atom is -0.377 e. The molecule has 1 fully saturated rings. The maximum atomic E-state index is 5.60. The van der Waals surface area contributed by atoms with Gasteiger partial charge in [0.2, 0.25) is 0 Å². The van der Waals surface area contributed by atoms with Gasteiger partial charge in [0.25, 0.3) is 0 Å². The lowest BCUT2D eigenvalue weighted by Gasteiger charge is -2.35. The zero-order valence-electron chi connectivity index (χ0n) is 14.6. The fourth-order valence-electron chi connectivity index (χ4n) is 2.87. The smallest absolute Gasteiger partial charge is 0.377 e. The number of hydrogen-bond donors (Lipinski definition) is 0. The summed E-state index contributed by atoms with van der Waals surface area (Å²) in [6.45, 7) is 3.23. The van der Waals surface area contributed by atoms with Crippen LogP contribution in [0.25, 0.3) is 0 Å². The monoisotopic (exact) mass is 349 g/mol. The number of nitrogens with zero attached hydrogens (tertiary/aromatic N) is 1. The van der Waals surface area contributed by atoms with Crippen molar-refractivity contribution in [3.8, 4) is 0 Å². The average molecular weight is 350 g/mol. The summed E-state index contributed by atoms with van der Waals surface area (Å²) in [5.41, 5.74) is -0.351. The van der Waals surface area contributed by atoms with Crippen LogP contribution in [0.3, 0.4) is 0 Å². The predicted octanol–water partition coefficient (Wildman–Crippen LogP) is 1.42. The highest BCUT2D eigenvalue weighted by Crippen LogP contribution is 2.22. The molecule has 0 spiro atoms. The fourth-order valence-corrected chi connectivity index (χ4v) is 6.03. The van der Waals surface area contributed by atoms with Gasteiger partial charge in [-0.05, 0) is 44.9 Å². The van der Waals surface area contributed by atoms with Crippen molar-refractivity contribution in [1.29, 1.82) is 0 Å². The van der Waals surface area contributed by atoms with Crippen molar-refractivity contribution in [2.45, 2.75) is 36.8 Å². The molecule has 0 saturated carbocycles. The third-order valence-corrected chi connectivity index (χ3v) is 8.85. The summed E-state index contributed by atoms with van der Waals surface area (Å²) >= 11 is 0. The van der Waals surface area contributed by atoms with Gasteiger partial charge in [0.05, 0.1) is 0 Å². The molecular weight excluding hydrogens is 318 g/mol. The van der Waals surface area contributed by atoms with Gasteiger partial charge in [0.15, 0.2) is 0 Å². The highest BCUT2D eigenvalue weighted by Gasteiger charge is 2.37. The molecule has 0 aliphatic carbocycles. The van der Waals surface area contributed by atoms with Crippen LogP contribution in [-0.4, -0.2) is 83.8 Å². The molecule has 0 bridgehead atoms. The van der Waals surface area contributed by atoms with E-state index in [1.807, 2.05) is 0 Å². The quantitative estimate of drug-likeness (QED) is 0.463. The lowest BCUT2D eigenvalue weighted by atomic mass is 10.2. The third-order valence-electron chi connectivity index (χ3n) is 4.35. The summed E-state index contributed by atoms with van der Waals surface area (Å²) in [4.78, 5) is 2.52. The Balaban J connectivity index is 2.37. The van der Waals surface area contributed by atoms with Gasteiger partial charge in [-0.1, -0.05) is 0 Å². The van der Waals surface area contributed by atoms with Crippen LogP contribution in [0.2, 0.25) is 12.1 Å². The van der Waals surface area contributed by atoms with Crippen molar-refractivity contribution in [3.63, 3.8) is 0 Å². The number of hydrogen-bond acceptors (Lipinski definition) is 6. The van der Waals surface area contributed by atoms with Crippen LogP contribution < -0.4 is 0 Å². The maximum absolute atomic E-state index is 5.60. The molecule has 0 aromatic heterocycles. The summed E-state index contributed by atoms with van der Waals surface area (Å²) in [5, 5.41) is 0. The molecular formula is C14H31NO5Si2. The summed E-state index contributed by atoms with van der Waals surface area (Å²) in [6.07, 6.45) is 3.09. The largest absolute Gasteiger partial charge is 0.500 e. The molecule has 1 saturated heterocycles. The van der Waals surface area contributed by atoms with E-state index < -0.39 is 8.80 Å². The predicted molar refractivity (Wildman–Crippen MR) is 89.2 cm³/mol. The summed E-state index contributed by atoms with van der Waals surface area (Å²) in [6, 6.07) is 1.97. The minimum absolute atomic E-state index is 0.351. The molecule has 1 rings (SSSR count). The lowest BCUT2D eigenvalue weighted by Crippen LogP contribution is -2.45. The SMILES string of the molecule is COC1(OC)CCCN(CCC[Si](OC)(OC)OC)CC[Si]1. The van der Waals surface area contributed by atoms with Crippen LogP contribution in [0, 0.1) is 0 Å². The van der Waals surface area contributed by atoms with Gasteiger partial charge in [0, 0.05) is 41.6 Å². The van der Waals surface area contributed by atoms with Gasteiger partial charge in [0.1, 0.15) is 14.9 Å². The maximum Gasteiger partial charge on any atom is 0.500 e. The zero-order chi connectivity index (χ0) is 16.5. The van der Waals surface area contributed by atoms with Crippen LogP contribution in [0.1, 0.15) is 19.3 Å². The van der Waals surface area contributed by atoms with E-state index in [-0.39, 0.29) is 5.41 Å². The molecule has 0 N–H and O–H groups in total. The normalized spacial score (nSPS) is 20.6. The van der Waals surface area contributed by atoms with E-state index in [1.54, 1.807) is 35.5 Å². The van der Waals surface area contributed by atoms with Gasteiger partial charge in [-0.2, -0.15) is 0 Å². The summed E-state index contributed by atoms with van der Waals surface area (Å²) < 4.78 is 27.6. The fraction of sp³-hybridized carbons (Fsp3) is 1.00. The van der Waals surface area contributed by atoms with Crippen LogP contribution in [-0.2, 0) is 22.8 Å². The van der Waals surface area contributed by atoms with Gasteiger partial charge < -0.3 is 27.7 Å². The third kappa shape index (κ3) is 5.68. The summed E-state index contributed by atoms with van der Waals surface area (Å²) in [7, 11) is 6.77. The Kier molecular flexibility index (Phi) is 9.33. The Morgan fingerprint density at radius 2 is 1.64 bits per heavy atom. The highest BCUT2D eigenvalue weighted by molar-refractivity contribution is 6.60. The van der Waals surface area contributed by atoms with Crippen LogP contribution >= 0.6 is 0 Å². The van der Waals surface area contributed by atoms with E-state index in [0.717, 1.165) is 51.0 Å². The molecule has 8 heteroatoms. The van der Waals surface area contributed by atoms with Gasteiger partial charge in [-0.15, -0.1) is 0 Å². The first-order chi connectivity index (χ1) is 10.6. The molecule has 22 heavy (non-hydrogen) atoms. The van der Waals surface area contributed by atoms with Crippen LogP contribution in [0.15, 0.2) is 0 Å². The van der Waals surface area contributed by atoms with E-state index in [9.17, 15) is 0 Å². The molecule has 6 nitrogen and oxygen atoms in total. The second-order valence-corrected chi connectivity index (χ2v) is 10.1. The molecule has 1 aliphatic heterocycles. The molecule has 0 aromatic carbocycles. The standard InChI is InChI=1S/C14H31NO5Si2/c1-16-14(17-2)8-6-9-15(11-12-21-14)10-7-13-22(18-3,19-4)20-5/h6-13H2,1-5H3. The Morgan fingerprint density at radius 3 is 2.18 bits per heavy atom. The number of rotatable bonds is 9. The molecule has 0 unspecified atom stereocenters. The van der Waals surface area contributed by atoms with E-state index in [2.05, 4.69) is 4.90 Å². The van der Waals surface area contributed by atoms with Crippen molar-refractivity contribution in [3.05, 3.63) is 0 Å². The van der Waals surface area contributed by atoms with E-state index in [4.69, 9.17) is 22.8 Å². The van der Waals surface area contributed by atoms with Crippen molar-refractivity contribution < 1.29 is 22.8 Å². The summed E-state index contributed by atoms with van der Waals surface area (Å²) in [5.74, 6) is 0. The van der Waals surface area contributed by atoms with Crippen molar-refractivity contribution in [1.82, 2.24) is 4.90 Å². The first kappa shape index (κ1) is 20.2. The number of methoxy groups -OCH3 is 2. The van der Waals surface area contributed by atoms with Gasteiger partial charge >= 0.3 is 8.80 Å². The van der Waals surface area contributed by atoms with Crippen molar-refractivity contribution in [2.75, 3.05) is 55.2 Å². The molecule has 0 atom stereocenters. The zero-order valence-corrected chi connectivity index (χ0v) is 16.6. The van der Waals surface area contributed by atoms with E-state index in [1.165, 1.54) is 0 Å². The van der Waals surface area contributed by atoms with E-state index >= 15 is 0 Å². The molecule has 0 aromatic rings. The topological polar surface area (TPSA) is 49.4 Å². The Hall–Kier alpha value is 0.194. The van der Waals surface area contributed by atoms with Crippen molar-refractivity contribution >= 4 is 18.3 Å². The second-order valence-electron chi connectivity index (χ2n) is 5.43. The molecule has 1 aliphatic rings. The average Bonchev–Trinajstić information content (AvgIpc) is 2.54. The van der Waals surface area contributed by atoms with Crippen LogP contribution in [0.5, 0.6) is 0 Å². The van der Waals surface area contributed by atoms with Crippen LogP contribution in [0.4, 0.5) is 0 Å². The van der Waals surface area contributed by atoms with Gasteiger partial charge in [-0.3, -0.25) is 0 Å². The first-order valence-electron chi connectivity index (χ1n) is 7.82. The van der Waals surface area contributed by atoms with E-state index in [0.29, 0.717) is 9.52 Å². The molecule has 2 radical (unpaired) electrons. The molecule has 130 valence electrons. The Morgan fingerprint density at radius 1 is 1.00 bits per heavy atom. The molecule has 1 heterocycles. The lowest BCUT2D eigenvalue weighted by molar-refractivity contribution is -0.151. The first-order valence-corrected chi connectivity index (χ1v) is 11.0. The Bertz CT molecular complexity index is 281. The second kappa shape index (κ2) is 10.1. The number of ether oxygens (including phenoxy) is 2.